The third-order valence-electron chi connectivity index (χ3n) is 6.09. The van der Waals surface area contributed by atoms with E-state index in [4.69, 9.17) is 23.7 Å². The monoisotopic (exact) mass is 478 g/mol. The number of esters is 2. The van der Waals surface area contributed by atoms with Gasteiger partial charge in [0.05, 0.1) is 30.6 Å². The molecule has 0 bridgehead atoms. The summed E-state index contributed by atoms with van der Waals surface area (Å²) < 4.78 is 27.2. The molecule has 2 saturated heterocycles. The number of fused-ring (bicyclic) bond motifs is 1. The van der Waals surface area contributed by atoms with Crippen molar-refractivity contribution in [2.45, 2.75) is 43.4 Å². The summed E-state index contributed by atoms with van der Waals surface area (Å²) in [5, 5.41) is 40.6. The van der Waals surface area contributed by atoms with Crippen LogP contribution >= 0.6 is 0 Å². The predicted molar refractivity (Wildman–Crippen MR) is 112 cm³/mol. The van der Waals surface area contributed by atoms with Crippen LogP contribution in [0.5, 0.6) is 5.75 Å². The van der Waals surface area contributed by atoms with Crippen LogP contribution in [0.4, 0.5) is 0 Å². The normalized spacial score (nSPS) is 35.3. The van der Waals surface area contributed by atoms with Crippen molar-refractivity contribution >= 4 is 11.9 Å². The fraction of sp³-hybridized carbons (Fsp3) is 0.478. The molecule has 11 heteroatoms. The Labute approximate surface area is 194 Å². The first-order valence-electron chi connectivity index (χ1n) is 10.8. The maximum absolute atomic E-state index is 12.5. The molecule has 8 atom stereocenters. The molecule has 0 unspecified atom stereocenters. The van der Waals surface area contributed by atoms with Gasteiger partial charge in [0, 0.05) is 11.8 Å². The highest BCUT2D eigenvalue weighted by atomic mass is 16.8. The average molecular weight is 478 g/mol. The first-order chi connectivity index (χ1) is 16.3. The fourth-order valence-corrected chi connectivity index (χ4v) is 4.28. The molecular weight excluding hydrogens is 452 g/mol. The maximum atomic E-state index is 12.5. The molecular formula is C23H26O11. The Morgan fingerprint density at radius 3 is 2.74 bits per heavy atom. The van der Waals surface area contributed by atoms with Gasteiger partial charge >= 0.3 is 11.9 Å². The Hall–Kier alpha value is -2.96. The van der Waals surface area contributed by atoms with Crippen molar-refractivity contribution in [3.8, 4) is 5.75 Å². The second kappa shape index (κ2) is 10.1. The summed E-state index contributed by atoms with van der Waals surface area (Å²) in [6, 6.07) is 5.36. The van der Waals surface area contributed by atoms with Crippen LogP contribution in [-0.2, 0) is 28.5 Å². The molecule has 0 amide bonds. The topological polar surface area (TPSA) is 161 Å². The lowest BCUT2D eigenvalue weighted by Gasteiger charge is -2.44. The number of phenolic OH excluding ortho intramolecular Hbond substituents is 1. The second-order valence-electron chi connectivity index (χ2n) is 8.18. The number of benzene rings is 1. The van der Waals surface area contributed by atoms with Gasteiger partial charge in [0.2, 0.25) is 6.29 Å². The molecule has 0 aliphatic carbocycles. The Balaban J connectivity index is 1.52. The fourth-order valence-electron chi connectivity index (χ4n) is 4.28. The molecule has 4 rings (SSSR count). The van der Waals surface area contributed by atoms with E-state index in [-0.39, 0.29) is 23.8 Å². The number of hydrogen-bond donors (Lipinski definition) is 4. The van der Waals surface area contributed by atoms with Crippen molar-refractivity contribution in [1.82, 2.24) is 0 Å². The van der Waals surface area contributed by atoms with Crippen LogP contribution in [0, 0.1) is 11.8 Å². The van der Waals surface area contributed by atoms with Gasteiger partial charge < -0.3 is 44.1 Å². The molecule has 2 fully saturated rings. The molecule has 0 saturated carbocycles. The third kappa shape index (κ3) is 4.65. The standard InChI is InChI=1S/C23H26O11/c1-2-13-14-6-7-30-21(29)15(14)10-31-22(13)34-23-18(27)19(17(26)16(9-24)32-23)33-20(28)11-4-3-5-12(25)8-11/h2-5,8,10,13-14,16-19,22-27H,1,6-7,9H2/t13-,14-,16+,17+,18-,19+,22-,23-/m0/s1. The van der Waals surface area contributed by atoms with Gasteiger partial charge in [0.15, 0.2) is 12.4 Å². The van der Waals surface area contributed by atoms with Crippen LogP contribution in [0.3, 0.4) is 0 Å². The summed E-state index contributed by atoms with van der Waals surface area (Å²) in [7, 11) is 0. The number of cyclic esters (lactones) is 1. The van der Waals surface area contributed by atoms with Crippen LogP contribution < -0.4 is 0 Å². The van der Waals surface area contributed by atoms with E-state index in [1.165, 1.54) is 30.5 Å². The number of carbonyl (C=O) groups excluding carboxylic acids is 2. The van der Waals surface area contributed by atoms with Crippen molar-refractivity contribution in [2.75, 3.05) is 13.2 Å². The van der Waals surface area contributed by atoms with Gasteiger partial charge in [-0.05, 0) is 24.6 Å². The molecule has 1 aromatic rings. The number of carbonyl (C=O) groups is 2. The van der Waals surface area contributed by atoms with Crippen LogP contribution in [0.15, 0.2) is 48.8 Å². The van der Waals surface area contributed by atoms with Gasteiger partial charge in [0.1, 0.15) is 24.1 Å². The van der Waals surface area contributed by atoms with Gasteiger partial charge in [-0.25, -0.2) is 9.59 Å². The van der Waals surface area contributed by atoms with Crippen molar-refractivity contribution in [1.29, 1.82) is 0 Å². The van der Waals surface area contributed by atoms with Crippen molar-refractivity contribution < 1.29 is 53.7 Å². The lowest BCUT2D eigenvalue weighted by Crippen LogP contribution is -2.61. The van der Waals surface area contributed by atoms with Gasteiger partial charge in [-0.2, -0.15) is 0 Å². The highest BCUT2D eigenvalue weighted by molar-refractivity contribution is 5.90. The summed E-state index contributed by atoms with van der Waals surface area (Å²) in [5.41, 5.74) is 0.343. The second-order valence-corrected chi connectivity index (χ2v) is 8.18. The Kier molecular flexibility index (Phi) is 7.19. The minimum atomic E-state index is -1.66. The predicted octanol–water partition coefficient (Wildman–Crippen LogP) is -0.0213. The molecule has 11 nitrogen and oxygen atoms in total. The number of aromatic hydroxyl groups is 1. The smallest absolute Gasteiger partial charge is 0.338 e. The van der Waals surface area contributed by atoms with Gasteiger partial charge in [-0.3, -0.25) is 0 Å². The van der Waals surface area contributed by atoms with E-state index in [1.807, 2.05) is 0 Å². The van der Waals surface area contributed by atoms with Gasteiger partial charge in [-0.15, -0.1) is 6.58 Å². The van der Waals surface area contributed by atoms with E-state index in [9.17, 15) is 30.0 Å². The summed E-state index contributed by atoms with van der Waals surface area (Å²) in [5.74, 6) is -2.34. The minimum absolute atomic E-state index is 0.00639. The zero-order valence-corrected chi connectivity index (χ0v) is 18.1. The van der Waals surface area contributed by atoms with Crippen molar-refractivity contribution in [3.05, 3.63) is 54.3 Å². The van der Waals surface area contributed by atoms with Crippen LogP contribution in [0.25, 0.3) is 0 Å². The molecule has 3 heterocycles. The first-order valence-corrected chi connectivity index (χ1v) is 10.8. The Morgan fingerprint density at radius 2 is 2.03 bits per heavy atom. The van der Waals surface area contributed by atoms with Crippen molar-refractivity contribution in [3.63, 3.8) is 0 Å². The average Bonchev–Trinajstić information content (AvgIpc) is 2.83. The quantitative estimate of drug-likeness (QED) is 0.321. The van der Waals surface area contributed by atoms with Gasteiger partial charge in [-0.1, -0.05) is 12.1 Å². The van der Waals surface area contributed by atoms with Gasteiger partial charge in [0.25, 0.3) is 0 Å². The molecule has 3 aliphatic rings. The molecule has 0 aromatic heterocycles. The molecule has 0 spiro atoms. The highest BCUT2D eigenvalue weighted by Gasteiger charge is 2.50. The number of ether oxygens (including phenoxy) is 5. The lowest BCUT2D eigenvalue weighted by atomic mass is 9.81. The number of rotatable bonds is 6. The summed E-state index contributed by atoms with van der Waals surface area (Å²) >= 11 is 0. The number of aliphatic hydroxyl groups excluding tert-OH is 3. The molecule has 184 valence electrons. The largest absolute Gasteiger partial charge is 0.508 e. The molecule has 34 heavy (non-hydrogen) atoms. The van der Waals surface area contributed by atoms with Crippen LogP contribution in [0.1, 0.15) is 16.8 Å². The van der Waals surface area contributed by atoms with E-state index in [2.05, 4.69) is 6.58 Å². The summed E-state index contributed by atoms with van der Waals surface area (Å²) in [6.45, 7) is 3.37. The Morgan fingerprint density at radius 1 is 1.24 bits per heavy atom. The van der Waals surface area contributed by atoms with E-state index in [0.717, 1.165) is 0 Å². The molecule has 0 radical (unpaired) electrons. The highest BCUT2D eigenvalue weighted by Crippen LogP contribution is 2.39. The third-order valence-corrected chi connectivity index (χ3v) is 6.09. The van der Waals surface area contributed by atoms with E-state index < -0.39 is 61.5 Å². The zero-order valence-electron chi connectivity index (χ0n) is 18.1. The summed E-state index contributed by atoms with van der Waals surface area (Å²) in [6.07, 6.45) is -5.14. The number of hydrogen-bond acceptors (Lipinski definition) is 11. The Bertz CT molecular complexity index is 960. The van der Waals surface area contributed by atoms with E-state index in [0.29, 0.717) is 12.0 Å². The van der Waals surface area contributed by atoms with E-state index >= 15 is 0 Å². The number of phenols is 1. The first kappa shape index (κ1) is 24.2. The molecule has 4 N–H and O–H groups in total. The SMILES string of the molecule is C=C[C@@H]1[C@H](O[C@@H]2O[C@H](CO)[C@@H](O)[C@@H](OC(=O)c3cccc(O)c3)[C@@H]2O)OC=C2C(=O)OCC[C@H]21. The zero-order chi connectivity index (χ0) is 24.4. The number of aliphatic hydroxyl groups is 3. The molecule has 3 aliphatic heterocycles. The summed E-state index contributed by atoms with van der Waals surface area (Å²) in [4.78, 5) is 24.6. The van der Waals surface area contributed by atoms with E-state index in [1.54, 1.807) is 6.08 Å². The van der Waals surface area contributed by atoms with Crippen LogP contribution in [0.2, 0.25) is 0 Å². The molecule has 1 aromatic carbocycles. The van der Waals surface area contributed by atoms with Crippen LogP contribution in [-0.4, -0.2) is 82.6 Å². The lowest BCUT2D eigenvalue weighted by molar-refractivity contribution is -0.339. The minimum Gasteiger partial charge on any atom is -0.508 e. The maximum Gasteiger partial charge on any atom is 0.338 e. The van der Waals surface area contributed by atoms with Crippen molar-refractivity contribution in [2.24, 2.45) is 11.8 Å².